The summed E-state index contributed by atoms with van der Waals surface area (Å²) in [5.74, 6) is -0.435. The van der Waals surface area contributed by atoms with Crippen LogP contribution in [0, 0.1) is 17.2 Å². The molecule has 0 aromatic carbocycles. The molecule has 0 bridgehead atoms. The Morgan fingerprint density at radius 1 is 1.47 bits per heavy atom. The first kappa shape index (κ1) is 20.5. The van der Waals surface area contributed by atoms with Crippen LogP contribution in [0.5, 0.6) is 0 Å². The van der Waals surface area contributed by atoms with E-state index in [1.165, 1.54) is 16.9 Å². The van der Waals surface area contributed by atoms with E-state index in [4.69, 9.17) is 15.2 Å². The predicted octanol–water partition coefficient (Wildman–Crippen LogP) is 0.222. The smallest absolute Gasteiger partial charge is 0.306 e. The van der Waals surface area contributed by atoms with Gasteiger partial charge in [0, 0.05) is 6.42 Å². The van der Waals surface area contributed by atoms with Crippen molar-refractivity contribution in [2.75, 3.05) is 12.3 Å². The number of alkyl halides is 1. The topological polar surface area (TPSA) is 156 Å². The number of hydrogen-bond donors (Lipinski definition) is 3. The van der Waals surface area contributed by atoms with Crippen molar-refractivity contribution in [3.63, 3.8) is 0 Å². The van der Waals surface area contributed by atoms with E-state index in [0.717, 1.165) is 0 Å². The summed E-state index contributed by atoms with van der Waals surface area (Å²) in [6.07, 6.45) is -2.45. The fourth-order valence-electron chi connectivity index (χ4n) is 4.22. The standard InChI is InChI=1S/C19H22FN5O5/c20-11-2-1-10(5-11)6-15(26)29-7-13-16(27)17(28)19(8-21,30-13)14-4-3-12-18(22)23-9-24-25(12)14/h3-4,9-11,13,16-17,27-28H,1-2,5-7H2,(H2,22,23,24)/t10?,11?,13-,16-,17-,19+/m1/s1. The number of halogens is 1. The van der Waals surface area contributed by atoms with E-state index in [2.05, 4.69) is 10.1 Å². The molecular formula is C19H22FN5O5. The average Bonchev–Trinajstić information content (AvgIpc) is 3.40. The zero-order valence-electron chi connectivity index (χ0n) is 16.0. The first-order valence-electron chi connectivity index (χ1n) is 9.69. The molecule has 2 fully saturated rings. The summed E-state index contributed by atoms with van der Waals surface area (Å²) in [6, 6.07) is 4.99. The average molecular weight is 419 g/mol. The number of carbonyl (C=O) groups excluding carboxylic acids is 1. The molecule has 1 aliphatic carbocycles. The number of esters is 1. The fraction of sp³-hybridized carbons (Fsp3) is 0.579. The van der Waals surface area contributed by atoms with Gasteiger partial charge in [0.1, 0.15) is 49.0 Å². The van der Waals surface area contributed by atoms with E-state index in [9.17, 15) is 24.7 Å². The van der Waals surface area contributed by atoms with Gasteiger partial charge in [-0.3, -0.25) is 4.79 Å². The van der Waals surface area contributed by atoms with Crippen molar-refractivity contribution in [2.24, 2.45) is 5.92 Å². The lowest BCUT2D eigenvalue weighted by Crippen LogP contribution is -2.41. The summed E-state index contributed by atoms with van der Waals surface area (Å²) in [5.41, 5.74) is 4.43. The number of nitrogen functional groups attached to an aromatic ring is 1. The van der Waals surface area contributed by atoms with Crippen LogP contribution in [0.25, 0.3) is 5.52 Å². The number of aromatic nitrogens is 3. The number of fused-ring (bicyclic) bond motifs is 1. The van der Waals surface area contributed by atoms with Gasteiger partial charge in [-0.2, -0.15) is 10.4 Å². The minimum atomic E-state index is -1.95. The number of aliphatic hydroxyl groups is 2. The van der Waals surface area contributed by atoms with Crippen molar-refractivity contribution in [1.82, 2.24) is 14.6 Å². The van der Waals surface area contributed by atoms with Gasteiger partial charge in [0.15, 0.2) is 5.82 Å². The Hall–Kier alpha value is -2.81. The van der Waals surface area contributed by atoms with Crippen molar-refractivity contribution in [3.05, 3.63) is 24.2 Å². The van der Waals surface area contributed by atoms with Crippen LogP contribution < -0.4 is 5.73 Å². The Morgan fingerprint density at radius 2 is 2.27 bits per heavy atom. The van der Waals surface area contributed by atoms with Crippen LogP contribution in [0.15, 0.2) is 18.5 Å². The van der Waals surface area contributed by atoms with Crippen LogP contribution in [0.4, 0.5) is 10.2 Å². The highest BCUT2D eigenvalue weighted by Crippen LogP contribution is 2.40. The van der Waals surface area contributed by atoms with E-state index in [1.807, 2.05) is 6.07 Å². The molecule has 30 heavy (non-hydrogen) atoms. The molecule has 3 heterocycles. The zero-order valence-corrected chi connectivity index (χ0v) is 16.0. The summed E-state index contributed by atoms with van der Waals surface area (Å²) in [7, 11) is 0. The monoisotopic (exact) mass is 419 g/mol. The van der Waals surface area contributed by atoms with E-state index in [0.29, 0.717) is 24.8 Å². The van der Waals surface area contributed by atoms with Gasteiger partial charge in [-0.1, -0.05) is 0 Å². The second kappa shape index (κ2) is 7.79. The molecule has 0 radical (unpaired) electrons. The van der Waals surface area contributed by atoms with Crippen LogP contribution in [0.2, 0.25) is 0 Å². The van der Waals surface area contributed by atoms with Crippen LogP contribution in [0.1, 0.15) is 31.4 Å². The van der Waals surface area contributed by atoms with Crippen LogP contribution in [-0.4, -0.2) is 61.9 Å². The number of carbonyl (C=O) groups is 1. The Kier molecular flexibility index (Phi) is 5.31. The third-order valence-corrected chi connectivity index (χ3v) is 5.83. The molecule has 2 aromatic rings. The predicted molar refractivity (Wildman–Crippen MR) is 99.4 cm³/mol. The third-order valence-electron chi connectivity index (χ3n) is 5.83. The Balaban J connectivity index is 1.49. The Morgan fingerprint density at radius 3 is 2.97 bits per heavy atom. The number of ether oxygens (including phenoxy) is 2. The van der Waals surface area contributed by atoms with Gasteiger partial charge in [0.2, 0.25) is 5.60 Å². The number of anilines is 1. The Bertz CT molecular complexity index is 993. The summed E-state index contributed by atoms with van der Waals surface area (Å²) in [4.78, 5) is 15.9. The number of nitriles is 1. The highest BCUT2D eigenvalue weighted by Gasteiger charge is 2.57. The van der Waals surface area contributed by atoms with Crippen molar-refractivity contribution in [1.29, 1.82) is 5.26 Å². The van der Waals surface area contributed by atoms with Crippen molar-refractivity contribution in [2.45, 2.75) is 55.8 Å². The molecule has 2 aliphatic rings. The number of nitrogens with zero attached hydrogens (tertiary/aromatic N) is 4. The molecule has 1 aliphatic heterocycles. The number of hydrogen-bond acceptors (Lipinski definition) is 9. The molecule has 0 amide bonds. The SMILES string of the molecule is N#C[C@@]1(c2ccc3c(N)ncnn23)O[C@H](COC(=O)CC2CCC(F)C2)[C@@H](O)[C@H]1O. The van der Waals surface area contributed by atoms with Gasteiger partial charge in [-0.25, -0.2) is 13.9 Å². The molecule has 1 saturated heterocycles. The molecule has 11 heteroatoms. The first-order chi connectivity index (χ1) is 14.4. The second-order valence-corrected chi connectivity index (χ2v) is 7.76. The van der Waals surface area contributed by atoms with Gasteiger partial charge in [0.05, 0.1) is 5.69 Å². The van der Waals surface area contributed by atoms with Gasteiger partial charge in [0.25, 0.3) is 0 Å². The summed E-state index contributed by atoms with van der Waals surface area (Å²) in [6.45, 7) is -0.354. The lowest BCUT2D eigenvalue weighted by molar-refractivity contribution is -0.151. The number of rotatable bonds is 5. The molecular weight excluding hydrogens is 397 g/mol. The van der Waals surface area contributed by atoms with Crippen molar-refractivity contribution >= 4 is 17.3 Å². The largest absolute Gasteiger partial charge is 0.463 e. The van der Waals surface area contributed by atoms with Crippen LogP contribution in [-0.2, 0) is 19.9 Å². The van der Waals surface area contributed by atoms with Gasteiger partial charge in [-0.15, -0.1) is 0 Å². The lowest BCUT2D eigenvalue weighted by atomic mass is 9.92. The molecule has 10 nitrogen and oxygen atoms in total. The van der Waals surface area contributed by atoms with E-state index in [-0.39, 0.29) is 30.5 Å². The maximum Gasteiger partial charge on any atom is 0.306 e. The molecule has 160 valence electrons. The molecule has 0 spiro atoms. The molecule has 4 N–H and O–H groups in total. The normalized spacial score (nSPS) is 33.6. The summed E-state index contributed by atoms with van der Waals surface area (Å²) in [5, 5.41) is 35.0. The van der Waals surface area contributed by atoms with Crippen molar-refractivity contribution < 1.29 is 28.9 Å². The highest BCUT2D eigenvalue weighted by atomic mass is 19.1. The van der Waals surface area contributed by atoms with Gasteiger partial charge >= 0.3 is 5.97 Å². The molecule has 2 unspecified atom stereocenters. The van der Waals surface area contributed by atoms with E-state index in [1.54, 1.807) is 6.07 Å². The number of aliphatic hydroxyl groups excluding tert-OH is 2. The molecule has 1 saturated carbocycles. The van der Waals surface area contributed by atoms with Gasteiger partial charge in [-0.05, 0) is 37.3 Å². The minimum absolute atomic E-state index is 0.0667. The fourth-order valence-corrected chi connectivity index (χ4v) is 4.22. The highest BCUT2D eigenvalue weighted by molar-refractivity contribution is 5.69. The molecule has 4 rings (SSSR count). The molecule has 2 aromatic heterocycles. The second-order valence-electron chi connectivity index (χ2n) is 7.76. The van der Waals surface area contributed by atoms with Crippen molar-refractivity contribution in [3.8, 4) is 6.07 Å². The summed E-state index contributed by atoms with van der Waals surface area (Å²) < 4.78 is 25.5. The Labute approximate surface area is 171 Å². The minimum Gasteiger partial charge on any atom is -0.463 e. The quantitative estimate of drug-likeness (QED) is 0.577. The maximum atomic E-state index is 13.3. The van der Waals surface area contributed by atoms with Crippen LogP contribution in [0.3, 0.4) is 0 Å². The molecule has 6 atom stereocenters. The zero-order chi connectivity index (χ0) is 21.5. The third kappa shape index (κ3) is 3.36. The van der Waals surface area contributed by atoms with Gasteiger partial charge < -0.3 is 25.4 Å². The van der Waals surface area contributed by atoms with Crippen LogP contribution >= 0.6 is 0 Å². The van der Waals surface area contributed by atoms with E-state index >= 15 is 0 Å². The van der Waals surface area contributed by atoms with E-state index < -0.39 is 36.1 Å². The summed E-state index contributed by atoms with van der Waals surface area (Å²) >= 11 is 0. The lowest BCUT2D eigenvalue weighted by Gasteiger charge is -2.24. The maximum absolute atomic E-state index is 13.3. The first-order valence-corrected chi connectivity index (χ1v) is 9.69. The number of nitrogens with two attached hydrogens (primary N) is 1.